The molecule has 2 aromatic rings. The molecule has 0 N–H and O–H groups in total. The molecule has 2 fully saturated rings. The Balaban J connectivity index is 1.25. The van der Waals surface area contributed by atoms with Crippen LogP contribution in [0.15, 0.2) is 54.6 Å². The quantitative estimate of drug-likeness (QED) is 0.731. The molecule has 1 amide bonds. The fourth-order valence-corrected chi connectivity index (χ4v) is 4.47. The number of anilines is 1. The van der Waals surface area contributed by atoms with Crippen LogP contribution in [-0.4, -0.2) is 68.1 Å². The van der Waals surface area contributed by atoms with E-state index in [0.717, 1.165) is 57.2 Å². The summed E-state index contributed by atoms with van der Waals surface area (Å²) in [5.41, 5.74) is 1.97. The van der Waals surface area contributed by atoms with Crippen LogP contribution in [0.2, 0.25) is 0 Å². The minimum atomic E-state index is 0.128. The van der Waals surface area contributed by atoms with Crippen molar-refractivity contribution in [1.82, 2.24) is 9.80 Å². The van der Waals surface area contributed by atoms with Crippen LogP contribution in [0, 0.1) is 5.92 Å². The van der Waals surface area contributed by atoms with Gasteiger partial charge in [0.2, 0.25) is 0 Å². The number of hydrogen-bond donors (Lipinski definition) is 0. The summed E-state index contributed by atoms with van der Waals surface area (Å²) in [6.07, 6.45) is 2.54. The van der Waals surface area contributed by atoms with Gasteiger partial charge < -0.3 is 19.4 Å². The Morgan fingerprint density at radius 1 is 0.967 bits per heavy atom. The van der Waals surface area contributed by atoms with Gasteiger partial charge in [-0.1, -0.05) is 25.1 Å². The highest BCUT2D eigenvalue weighted by Gasteiger charge is 2.22. The average molecular weight is 408 g/mol. The highest BCUT2D eigenvalue weighted by Crippen LogP contribution is 2.23. The Morgan fingerprint density at radius 2 is 1.70 bits per heavy atom. The van der Waals surface area contributed by atoms with E-state index in [1.165, 1.54) is 25.1 Å². The Morgan fingerprint density at radius 3 is 2.40 bits per heavy atom. The van der Waals surface area contributed by atoms with Gasteiger partial charge in [-0.05, 0) is 62.3 Å². The topological polar surface area (TPSA) is 36.0 Å². The summed E-state index contributed by atoms with van der Waals surface area (Å²) in [4.78, 5) is 19.4. The van der Waals surface area contributed by atoms with Crippen LogP contribution in [-0.2, 0) is 0 Å². The summed E-state index contributed by atoms with van der Waals surface area (Å²) >= 11 is 0. The zero-order chi connectivity index (χ0) is 20.8. The van der Waals surface area contributed by atoms with Gasteiger partial charge in [0.05, 0.1) is 6.61 Å². The molecule has 0 saturated carbocycles. The number of carbonyl (C=O) groups is 1. The average Bonchev–Trinajstić information content (AvgIpc) is 2.83. The van der Waals surface area contributed by atoms with Crippen LogP contribution in [0.25, 0.3) is 0 Å². The van der Waals surface area contributed by atoms with E-state index in [-0.39, 0.29) is 5.91 Å². The number of ether oxygens (including phenoxy) is 1. The van der Waals surface area contributed by atoms with Gasteiger partial charge >= 0.3 is 0 Å². The summed E-state index contributed by atoms with van der Waals surface area (Å²) < 4.78 is 6.08. The van der Waals surface area contributed by atoms with E-state index in [2.05, 4.69) is 41.0 Å². The van der Waals surface area contributed by atoms with Crippen molar-refractivity contribution in [3.05, 3.63) is 60.2 Å². The molecule has 0 spiro atoms. The first kappa shape index (κ1) is 20.7. The van der Waals surface area contributed by atoms with Crippen molar-refractivity contribution in [3.63, 3.8) is 0 Å². The Kier molecular flexibility index (Phi) is 6.90. The van der Waals surface area contributed by atoms with E-state index in [1.54, 1.807) is 0 Å². The van der Waals surface area contributed by atoms with Gasteiger partial charge in [-0.15, -0.1) is 0 Å². The normalized spacial score (nSPS) is 20.2. The summed E-state index contributed by atoms with van der Waals surface area (Å²) in [7, 11) is 0. The largest absolute Gasteiger partial charge is 0.493 e. The Hall–Kier alpha value is -2.53. The fourth-order valence-electron chi connectivity index (χ4n) is 4.47. The lowest BCUT2D eigenvalue weighted by atomic mass is 9.99. The van der Waals surface area contributed by atoms with Gasteiger partial charge in [0.1, 0.15) is 5.75 Å². The molecule has 160 valence electrons. The number of piperazine rings is 1. The van der Waals surface area contributed by atoms with Gasteiger partial charge in [0.25, 0.3) is 5.91 Å². The molecule has 0 radical (unpaired) electrons. The van der Waals surface area contributed by atoms with Crippen molar-refractivity contribution in [2.24, 2.45) is 5.92 Å². The molecule has 0 aliphatic carbocycles. The van der Waals surface area contributed by atoms with Crippen LogP contribution in [0.5, 0.6) is 5.75 Å². The van der Waals surface area contributed by atoms with Crippen molar-refractivity contribution >= 4 is 11.6 Å². The smallest absolute Gasteiger partial charge is 0.253 e. The second kappa shape index (κ2) is 9.98. The number of nitrogens with zero attached hydrogens (tertiary/aromatic N) is 3. The minimum absolute atomic E-state index is 0.128. The lowest BCUT2D eigenvalue weighted by molar-refractivity contribution is 0.0747. The van der Waals surface area contributed by atoms with Gasteiger partial charge in [0, 0.05) is 49.9 Å². The van der Waals surface area contributed by atoms with Crippen molar-refractivity contribution in [2.75, 3.05) is 57.3 Å². The van der Waals surface area contributed by atoms with Crippen LogP contribution in [0.4, 0.5) is 5.69 Å². The third-order valence-corrected chi connectivity index (χ3v) is 6.33. The fraction of sp³-hybridized carbons (Fsp3) is 0.480. The second-order valence-electron chi connectivity index (χ2n) is 8.35. The molecule has 30 heavy (non-hydrogen) atoms. The number of rotatable bonds is 6. The molecular formula is C25H33N3O2. The Bertz CT molecular complexity index is 801. The first-order chi connectivity index (χ1) is 14.7. The second-order valence-corrected chi connectivity index (χ2v) is 8.35. The summed E-state index contributed by atoms with van der Waals surface area (Å²) in [5.74, 6) is 1.71. The maximum absolute atomic E-state index is 12.6. The Labute approximate surface area is 180 Å². The van der Waals surface area contributed by atoms with Crippen LogP contribution in [0.3, 0.4) is 0 Å². The SMILES string of the molecule is CCN1CCC[C@H](COc2ccc(N3CCN(C(=O)c4ccccc4)CC3)cc2)C1. The monoisotopic (exact) mass is 407 g/mol. The minimum Gasteiger partial charge on any atom is -0.493 e. The number of likely N-dealkylation sites (tertiary alicyclic amines) is 1. The lowest BCUT2D eigenvalue weighted by Gasteiger charge is -2.36. The highest BCUT2D eigenvalue weighted by molar-refractivity contribution is 5.94. The molecule has 5 heteroatoms. The van der Waals surface area contributed by atoms with E-state index < -0.39 is 0 Å². The molecule has 5 nitrogen and oxygen atoms in total. The van der Waals surface area contributed by atoms with Gasteiger partial charge in [0.15, 0.2) is 0 Å². The predicted molar refractivity (Wildman–Crippen MR) is 121 cm³/mol. The standard InChI is InChI=1S/C25H33N3O2/c1-2-26-14-6-7-21(19-26)20-30-24-12-10-23(11-13-24)27-15-17-28(18-16-27)25(29)22-8-4-3-5-9-22/h3-5,8-13,21H,2,6-7,14-20H2,1H3/t21-/m0/s1. The molecule has 2 aliphatic rings. The number of carbonyl (C=O) groups excluding carboxylic acids is 1. The van der Waals surface area contributed by atoms with Crippen molar-refractivity contribution < 1.29 is 9.53 Å². The lowest BCUT2D eigenvalue weighted by Crippen LogP contribution is -2.48. The van der Waals surface area contributed by atoms with Gasteiger partial charge in [-0.2, -0.15) is 0 Å². The maximum atomic E-state index is 12.6. The van der Waals surface area contributed by atoms with E-state index >= 15 is 0 Å². The number of benzene rings is 2. The molecule has 2 aliphatic heterocycles. The van der Waals surface area contributed by atoms with Crippen LogP contribution >= 0.6 is 0 Å². The molecule has 2 heterocycles. The number of piperidine rings is 1. The highest BCUT2D eigenvalue weighted by atomic mass is 16.5. The first-order valence-corrected chi connectivity index (χ1v) is 11.3. The third-order valence-electron chi connectivity index (χ3n) is 6.33. The summed E-state index contributed by atoms with van der Waals surface area (Å²) in [6.45, 7) is 9.77. The van der Waals surface area contributed by atoms with E-state index in [1.807, 2.05) is 35.2 Å². The zero-order valence-corrected chi connectivity index (χ0v) is 18.0. The molecular weight excluding hydrogens is 374 g/mol. The molecule has 0 unspecified atom stereocenters. The number of amides is 1. The van der Waals surface area contributed by atoms with Crippen molar-refractivity contribution in [3.8, 4) is 5.75 Å². The van der Waals surface area contributed by atoms with Crippen molar-refractivity contribution in [1.29, 1.82) is 0 Å². The van der Waals surface area contributed by atoms with Gasteiger partial charge in [-0.3, -0.25) is 4.79 Å². The van der Waals surface area contributed by atoms with E-state index in [4.69, 9.17) is 4.74 Å². The molecule has 1 atom stereocenters. The van der Waals surface area contributed by atoms with E-state index in [0.29, 0.717) is 5.92 Å². The number of hydrogen-bond acceptors (Lipinski definition) is 4. The third kappa shape index (κ3) is 5.14. The van der Waals surface area contributed by atoms with Gasteiger partial charge in [-0.25, -0.2) is 0 Å². The van der Waals surface area contributed by atoms with Crippen LogP contribution < -0.4 is 9.64 Å². The maximum Gasteiger partial charge on any atom is 0.253 e. The molecule has 2 aromatic carbocycles. The molecule has 2 saturated heterocycles. The molecule has 0 bridgehead atoms. The first-order valence-electron chi connectivity index (χ1n) is 11.3. The molecule has 4 rings (SSSR count). The predicted octanol–water partition coefficient (Wildman–Crippen LogP) is 3.76. The van der Waals surface area contributed by atoms with Crippen LogP contribution in [0.1, 0.15) is 30.1 Å². The zero-order valence-electron chi connectivity index (χ0n) is 18.0. The summed E-state index contributed by atoms with van der Waals surface area (Å²) in [5, 5.41) is 0. The van der Waals surface area contributed by atoms with E-state index in [9.17, 15) is 4.79 Å². The summed E-state index contributed by atoms with van der Waals surface area (Å²) in [6, 6.07) is 18.0. The van der Waals surface area contributed by atoms with Crippen molar-refractivity contribution in [2.45, 2.75) is 19.8 Å². The molecule has 0 aromatic heterocycles.